The topological polar surface area (TPSA) is 71.8 Å². The van der Waals surface area contributed by atoms with Crippen LogP contribution in [0.3, 0.4) is 0 Å². The summed E-state index contributed by atoms with van der Waals surface area (Å²) < 4.78 is 6.12. The van der Waals surface area contributed by atoms with Crippen molar-refractivity contribution in [3.05, 3.63) is 24.3 Å². The lowest BCUT2D eigenvalue weighted by Crippen LogP contribution is -3.14. The van der Waals surface area contributed by atoms with Crippen LogP contribution in [0, 0.1) is 0 Å². The molecule has 1 aliphatic heterocycles. The largest absolute Gasteiger partial charge is 0.495 e. The maximum absolute atomic E-state index is 12.7. The lowest BCUT2D eigenvalue weighted by molar-refractivity contribution is -0.902. The average Bonchev–Trinajstić information content (AvgIpc) is 3.14. The molecular formula is C18H26N5O2S2+. The highest BCUT2D eigenvalue weighted by molar-refractivity contribution is 8.02. The summed E-state index contributed by atoms with van der Waals surface area (Å²) in [5.41, 5.74) is 0.841. The third-order valence-corrected chi connectivity index (χ3v) is 6.67. The minimum atomic E-state index is -0.166. The fourth-order valence-electron chi connectivity index (χ4n) is 3.03. The van der Waals surface area contributed by atoms with E-state index in [4.69, 9.17) is 4.74 Å². The van der Waals surface area contributed by atoms with Crippen LogP contribution in [0.5, 0.6) is 5.75 Å². The maximum atomic E-state index is 12.7. The van der Waals surface area contributed by atoms with Crippen molar-refractivity contribution in [3.63, 3.8) is 0 Å². The first-order valence-electron chi connectivity index (χ1n) is 9.13. The lowest BCUT2D eigenvalue weighted by Gasteiger charge is -2.32. The average molecular weight is 409 g/mol. The number of carbonyl (C=O) groups is 1. The molecule has 1 aliphatic rings. The molecule has 2 aromatic rings. The number of quaternary nitrogens is 1. The van der Waals surface area contributed by atoms with E-state index in [-0.39, 0.29) is 11.2 Å². The summed E-state index contributed by atoms with van der Waals surface area (Å²) in [5.74, 6) is 0.934. The molecule has 7 nitrogen and oxygen atoms in total. The molecule has 0 radical (unpaired) electrons. The zero-order valence-corrected chi connectivity index (χ0v) is 17.5. The van der Waals surface area contributed by atoms with E-state index in [1.807, 2.05) is 36.1 Å². The van der Waals surface area contributed by atoms with Gasteiger partial charge in [0.2, 0.25) is 11.0 Å². The number of amides is 1. The van der Waals surface area contributed by atoms with Gasteiger partial charge in [0.05, 0.1) is 50.8 Å². The number of anilines is 2. The van der Waals surface area contributed by atoms with Gasteiger partial charge in [0.1, 0.15) is 5.75 Å². The van der Waals surface area contributed by atoms with Gasteiger partial charge in [-0.05, 0) is 26.0 Å². The van der Waals surface area contributed by atoms with Crippen molar-refractivity contribution in [1.29, 1.82) is 0 Å². The van der Waals surface area contributed by atoms with Crippen LogP contribution in [0.4, 0.5) is 10.8 Å². The highest BCUT2D eigenvalue weighted by Crippen LogP contribution is 2.33. The number of hydrogen-bond acceptors (Lipinski definition) is 7. The fourth-order valence-corrected chi connectivity index (χ4v) is 5.02. The Balaban J connectivity index is 1.56. The van der Waals surface area contributed by atoms with Crippen LogP contribution in [-0.2, 0) is 4.79 Å². The monoisotopic (exact) mass is 408 g/mol. The second-order valence-electron chi connectivity index (χ2n) is 6.39. The number of thioether (sulfide) groups is 1. The summed E-state index contributed by atoms with van der Waals surface area (Å²) in [7, 11) is 1.64. The Labute approximate surface area is 168 Å². The van der Waals surface area contributed by atoms with Crippen LogP contribution in [-0.4, -0.2) is 66.1 Å². The number of likely N-dealkylation sites (N-methyl/N-ethyl adjacent to an activating group) is 1. The number of aromatic nitrogens is 2. The standard InChI is InChI=1S/C18H25N5O2S2/c1-4-22-9-11-23(12-10-22)16(24)13(2)26-18-21-20-17(27-18)19-14-7-5-6-8-15(14)25-3/h5-8,13H,4,9-12H2,1-3H3,(H,19,20)/p+1/t13-/m0/s1. The molecule has 1 aromatic heterocycles. The summed E-state index contributed by atoms with van der Waals surface area (Å²) in [4.78, 5) is 16.2. The minimum absolute atomic E-state index is 0.166. The molecule has 2 heterocycles. The van der Waals surface area contributed by atoms with E-state index in [1.54, 1.807) is 12.0 Å². The van der Waals surface area contributed by atoms with E-state index in [0.717, 1.165) is 48.5 Å². The Morgan fingerprint density at radius 3 is 2.81 bits per heavy atom. The van der Waals surface area contributed by atoms with Gasteiger partial charge in [-0.25, -0.2) is 0 Å². The van der Waals surface area contributed by atoms with Crippen molar-refractivity contribution in [3.8, 4) is 5.75 Å². The maximum Gasteiger partial charge on any atom is 0.236 e. The van der Waals surface area contributed by atoms with Crippen molar-refractivity contribution in [2.45, 2.75) is 23.4 Å². The van der Waals surface area contributed by atoms with E-state index >= 15 is 0 Å². The first-order valence-corrected chi connectivity index (χ1v) is 10.8. The predicted molar refractivity (Wildman–Crippen MR) is 109 cm³/mol. The van der Waals surface area contributed by atoms with Crippen molar-refractivity contribution < 1.29 is 14.4 Å². The van der Waals surface area contributed by atoms with Crippen LogP contribution in [0.15, 0.2) is 28.6 Å². The lowest BCUT2D eigenvalue weighted by atomic mass is 10.3. The number of carbonyl (C=O) groups excluding carboxylic acids is 1. The Bertz CT molecular complexity index is 762. The molecule has 1 saturated heterocycles. The molecule has 146 valence electrons. The minimum Gasteiger partial charge on any atom is -0.495 e. The van der Waals surface area contributed by atoms with Crippen molar-refractivity contribution in [2.24, 2.45) is 0 Å². The molecular weight excluding hydrogens is 382 g/mol. The third-order valence-electron chi connectivity index (χ3n) is 4.66. The Hall–Kier alpha value is -1.84. The van der Waals surface area contributed by atoms with Gasteiger partial charge in [-0.15, -0.1) is 10.2 Å². The molecule has 0 unspecified atom stereocenters. The molecule has 1 fully saturated rings. The van der Waals surface area contributed by atoms with Gasteiger partial charge in [-0.1, -0.05) is 35.2 Å². The van der Waals surface area contributed by atoms with Gasteiger partial charge in [0.15, 0.2) is 4.34 Å². The van der Waals surface area contributed by atoms with Crippen LogP contribution in [0.2, 0.25) is 0 Å². The SMILES string of the molecule is CC[NH+]1CCN(C(=O)[C@H](C)Sc2nnc(Nc3ccccc3OC)s2)CC1. The van der Waals surface area contributed by atoms with Crippen molar-refractivity contribution >= 4 is 39.8 Å². The van der Waals surface area contributed by atoms with Crippen molar-refractivity contribution in [1.82, 2.24) is 15.1 Å². The van der Waals surface area contributed by atoms with E-state index in [0.29, 0.717) is 5.13 Å². The van der Waals surface area contributed by atoms with Crippen LogP contribution in [0.1, 0.15) is 13.8 Å². The number of piperazine rings is 1. The normalized spacial score (nSPS) is 16.2. The molecule has 27 heavy (non-hydrogen) atoms. The number of nitrogens with one attached hydrogen (secondary N) is 2. The van der Waals surface area contributed by atoms with Gasteiger partial charge in [-0.3, -0.25) is 4.79 Å². The predicted octanol–water partition coefficient (Wildman–Crippen LogP) is 1.52. The van der Waals surface area contributed by atoms with E-state index in [9.17, 15) is 4.79 Å². The number of hydrogen-bond donors (Lipinski definition) is 2. The molecule has 0 bridgehead atoms. The van der Waals surface area contributed by atoms with E-state index in [1.165, 1.54) is 23.1 Å². The third kappa shape index (κ3) is 5.12. The molecule has 1 amide bonds. The molecule has 2 N–H and O–H groups in total. The van der Waals surface area contributed by atoms with Gasteiger partial charge >= 0.3 is 0 Å². The first-order chi connectivity index (χ1) is 13.1. The van der Waals surface area contributed by atoms with Crippen molar-refractivity contribution in [2.75, 3.05) is 45.2 Å². The number of ether oxygens (including phenoxy) is 1. The highest BCUT2D eigenvalue weighted by atomic mass is 32.2. The van der Waals surface area contributed by atoms with Gasteiger partial charge in [0.25, 0.3) is 0 Å². The van der Waals surface area contributed by atoms with Gasteiger partial charge < -0.3 is 19.9 Å². The summed E-state index contributed by atoms with van der Waals surface area (Å²) >= 11 is 2.91. The zero-order chi connectivity index (χ0) is 19.2. The van der Waals surface area contributed by atoms with Crippen LogP contribution in [0.25, 0.3) is 0 Å². The number of benzene rings is 1. The highest BCUT2D eigenvalue weighted by Gasteiger charge is 2.27. The summed E-state index contributed by atoms with van der Waals surface area (Å²) in [6, 6.07) is 7.67. The Morgan fingerprint density at radius 2 is 2.11 bits per heavy atom. The van der Waals surface area contributed by atoms with E-state index < -0.39 is 0 Å². The number of rotatable bonds is 7. The van der Waals surface area contributed by atoms with Gasteiger partial charge in [-0.2, -0.15) is 0 Å². The van der Waals surface area contributed by atoms with E-state index in [2.05, 4.69) is 22.4 Å². The number of para-hydroxylation sites is 2. The molecule has 0 saturated carbocycles. The first kappa shape index (κ1) is 19.9. The molecule has 9 heteroatoms. The smallest absolute Gasteiger partial charge is 0.236 e. The van der Waals surface area contributed by atoms with Crippen LogP contribution >= 0.6 is 23.1 Å². The second-order valence-corrected chi connectivity index (χ2v) is 8.95. The molecule has 0 spiro atoms. The molecule has 3 rings (SSSR count). The molecule has 0 aliphatic carbocycles. The number of nitrogens with zero attached hydrogens (tertiary/aromatic N) is 3. The second kappa shape index (κ2) is 9.38. The van der Waals surface area contributed by atoms with Crippen LogP contribution < -0.4 is 15.0 Å². The fraction of sp³-hybridized carbons (Fsp3) is 0.500. The Morgan fingerprint density at radius 1 is 1.37 bits per heavy atom. The summed E-state index contributed by atoms with van der Waals surface area (Å²) in [5, 5.41) is 12.1. The van der Waals surface area contributed by atoms with Gasteiger partial charge in [0, 0.05) is 0 Å². The Kier molecular flexibility index (Phi) is 6.92. The summed E-state index contributed by atoms with van der Waals surface area (Å²) in [6.45, 7) is 9.00. The zero-order valence-electron chi connectivity index (χ0n) is 15.9. The molecule has 1 atom stereocenters. The molecule has 1 aromatic carbocycles. The summed E-state index contributed by atoms with van der Waals surface area (Å²) in [6.07, 6.45) is 0. The quantitative estimate of drug-likeness (QED) is 0.677. The number of methoxy groups -OCH3 is 1.